The molecule has 2 amide bonds. The van der Waals surface area contributed by atoms with Crippen LogP contribution in [0.4, 0.5) is 5.69 Å². The van der Waals surface area contributed by atoms with Gasteiger partial charge >= 0.3 is 0 Å². The second-order valence-electron chi connectivity index (χ2n) is 4.47. The second-order valence-corrected chi connectivity index (χ2v) is 5.25. The summed E-state index contributed by atoms with van der Waals surface area (Å²) in [5.74, 6) is -0.649. The maximum Gasteiger partial charge on any atom is 0.259 e. The molecule has 0 aliphatic carbocycles. The first-order valence-corrected chi connectivity index (χ1v) is 6.88. The lowest BCUT2D eigenvalue weighted by Crippen LogP contribution is -2.19. The highest BCUT2D eigenvalue weighted by molar-refractivity contribution is 7.08. The molecule has 0 fully saturated rings. The average molecular weight is 272 g/mol. The van der Waals surface area contributed by atoms with Crippen LogP contribution in [0.2, 0.25) is 0 Å². The van der Waals surface area contributed by atoms with Gasteiger partial charge in [-0.2, -0.15) is 11.3 Å². The molecule has 19 heavy (non-hydrogen) atoms. The summed E-state index contributed by atoms with van der Waals surface area (Å²) in [6.07, 6.45) is 0. The number of rotatable bonds is 3. The number of nitrogens with one attached hydrogen (secondary N) is 2. The number of anilines is 1. The number of imide groups is 1. The molecule has 2 heterocycles. The zero-order chi connectivity index (χ0) is 13.4. The number of hydrogen-bond acceptors (Lipinski definition) is 4. The van der Waals surface area contributed by atoms with Crippen molar-refractivity contribution in [1.29, 1.82) is 0 Å². The highest BCUT2D eigenvalue weighted by atomic mass is 32.1. The lowest BCUT2D eigenvalue weighted by molar-refractivity contribution is 0.0879. The summed E-state index contributed by atoms with van der Waals surface area (Å²) in [5.41, 5.74) is 2.92. The normalized spacial score (nSPS) is 15.0. The molecule has 1 aliphatic heterocycles. The number of fused-ring (bicyclic) bond motifs is 1. The monoisotopic (exact) mass is 272 g/mol. The van der Waals surface area contributed by atoms with Gasteiger partial charge in [0.15, 0.2) is 0 Å². The van der Waals surface area contributed by atoms with E-state index in [1.54, 1.807) is 23.5 Å². The Kier molecular flexibility index (Phi) is 2.83. The molecule has 1 aliphatic rings. The summed E-state index contributed by atoms with van der Waals surface area (Å²) in [4.78, 5) is 23.0. The van der Waals surface area contributed by atoms with Gasteiger partial charge in [-0.3, -0.25) is 14.9 Å². The van der Waals surface area contributed by atoms with Crippen LogP contribution in [0.25, 0.3) is 0 Å². The molecule has 4 nitrogen and oxygen atoms in total. The van der Waals surface area contributed by atoms with Crippen LogP contribution in [-0.4, -0.2) is 11.8 Å². The lowest BCUT2D eigenvalue weighted by atomic mass is 10.1. The van der Waals surface area contributed by atoms with Crippen LogP contribution in [0.15, 0.2) is 35.0 Å². The van der Waals surface area contributed by atoms with Gasteiger partial charge in [0, 0.05) is 11.7 Å². The predicted molar refractivity (Wildman–Crippen MR) is 74.6 cm³/mol. The third kappa shape index (κ3) is 2.13. The number of hydrogen-bond donors (Lipinski definition) is 2. The number of amides is 2. The molecule has 1 unspecified atom stereocenters. The highest BCUT2D eigenvalue weighted by Gasteiger charge is 2.26. The van der Waals surface area contributed by atoms with Crippen molar-refractivity contribution in [3.8, 4) is 0 Å². The van der Waals surface area contributed by atoms with Gasteiger partial charge in [-0.15, -0.1) is 0 Å². The van der Waals surface area contributed by atoms with Gasteiger partial charge in [0.2, 0.25) is 0 Å². The fourth-order valence-corrected chi connectivity index (χ4v) is 2.87. The fraction of sp³-hybridized carbons (Fsp3) is 0.143. The minimum absolute atomic E-state index is 0.157. The van der Waals surface area contributed by atoms with E-state index in [0.29, 0.717) is 11.1 Å². The van der Waals surface area contributed by atoms with Crippen molar-refractivity contribution in [2.24, 2.45) is 0 Å². The molecular formula is C14H12N2O2S. The van der Waals surface area contributed by atoms with Crippen molar-refractivity contribution in [2.45, 2.75) is 13.0 Å². The van der Waals surface area contributed by atoms with Gasteiger partial charge in [-0.25, -0.2) is 0 Å². The topological polar surface area (TPSA) is 58.2 Å². The first kappa shape index (κ1) is 11.9. The van der Waals surface area contributed by atoms with E-state index in [1.807, 2.05) is 11.4 Å². The van der Waals surface area contributed by atoms with Crippen molar-refractivity contribution in [1.82, 2.24) is 5.32 Å². The number of benzene rings is 1. The lowest BCUT2D eigenvalue weighted by Gasteiger charge is -2.14. The summed E-state index contributed by atoms with van der Waals surface area (Å²) < 4.78 is 0. The molecule has 0 saturated carbocycles. The molecule has 2 N–H and O–H groups in total. The Balaban J connectivity index is 1.86. The second kappa shape index (κ2) is 4.51. The molecule has 2 aromatic rings. The van der Waals surface area contributed by atoms with E-state index in [9.17, 15) is 9.59 Å². The minimum atomic E-state index is -0.327. The largest absolute Gasteiger partial charge is 0.378 e. The SMILES string of the molecule is CC(Nc1ccc2c(c1)C(=O)NC2=O)c1ccsc1. The summed E-state index contributed by atoms with van der Waals surface area (Å²) >= 11 is 1.65. The van der Waals surface area contributed by atoms with Gasteiger partial charge in [-0.1, -0.05) is 0 Å². The van der Waals surface area contributed by atoms with E-state index in [0.717, 1.165) is 5.69 Å². The Morgan fingerprint density at radius 3 is 2.68 bits per heavy atom. The molecule has 0 spiro atoms. The Morgan fingerprint density at radius 2 is 1.95 bits per heavy atom. The number of thiophene rings is 1. The molecular weight excluding hydrogens is 260 g/mol. The van der Waals surface area contributed by atoms with E-state index < -0.39 is 0 Å². The van der Waals surface area contributed by atoms with Crippen LogP contribution in [0.3, 0.4) is 0 Å². The van der Waals surface area contributed by atoms with Crippen LogP contribution >= 0.6 is 11.3 Å². The van der Waals surface area contributed by atoms with Crippen LogP contribution in [0.5, 0.6) is 0 Å². The number of carbonyl (C=O) groups is 2. The zero-order valence-corrected chi connectivity index (χ0v) is 11.1. The van der Waals surface area contributed by atoms with Gasteiger partial charge in [-0.05, 0) is 47.5 Å². The van der Waals surface area contributed by atoms with Crippen LogP contribution in [-0.2, 0) is 0 Å². The first-order chi connectivity index (χ1) is 9.15. The Morgan fingerprint density at radius 1 is 1.16 bits per heavy atom. The summed E-state index contributed by atoms with van der Waals surface area (Å²) in [6, 6.07) is 7.44. The smallest absolute Gasteiger partial charge is 0.259 e. The highest BCUT2D eigenvalue weighted by Crippen LogP contribution is 2.24. The molecule has 96 valence electrons. The van der Waals surface area contributed by atoms with Crippen molar-refractivity contribution in [3.05, 3.63) is 51.7 Å². The van der Waals surface area contributed by atoms with E-state index in [2.05, 4.69) is 29.0 Å². The van der Waals surface area contributed by atoms with Gasteiger partial charge in [0.25, 0.3) is 11.8 Å². The first-order valence-electron chi connectivity index (χ1n) is 5.93. The molecule has 1 aromatic carbocycles. The molecule has 3 rings (SSSR count). The maximum absolute atomic E-state index is 11.6. The van der Waals surface area contributed by atoms with E-state index in [4.69, 9.17) is 0 Å². The zero-order valence-electron chi connectivity index (χ0n) is 10.3. The van der Waals surface area contributed by atoms with Crippen molar-refractivity contribution in [3.63, 3.8) is 0 Å². The molecule has 0 radical (unpaired) electrons. The van der Waals surface area contributed by atoms with Gasteiger partial charge in [0.1, 0.15) is 0 Å². The molecule has 1 atom stereocenters. The standard InChI is InChI=1S/C14H12N2O2S/c1-8(9-4-5-19-7-9)15-10-2-3-11-12(6-10)14(18)16-13(11)17/h2-8,15H,1H3,(H,16,17,18). The van der Waals surface area contributed by atoms with Gasteiger partial charge in [0.05, 0.1) is 11.1 Å². The summed E-state index contributed by atoms with van der Waals surface area (Å²) in [6.45, 7) is 2.06. The Bertz CT molecular complexity index is 649. The van der Waals surface area contributed by atoms with E-state index >= 15 is 0 Å². The minimum Gasteiger partial charge on any atom is -0.378 e. The van der Waals surface area contributed by atoms with Crippen LogP contribution in [0, 0.1) is 0 Å². The Labute approximate surface area is 114 Å². The van der Waals surface area contributed by atoms with E-state index in [-0.39, 0.29) is 17.9 Å². The third-order valence-electron chi connectivity index (χ3n) is 3.16. The third-order valence-corrected chi connectivity index (χ3v) is 3.86. The van der Waals surface area contributed by atoms with E-state index in [1.165, 1.54) is 5.56 Å². The molecule has 0 saturated heterocycles. The van der Waals surface area contributed by atoms with Crippen LogP contribution < -0.4 is 10.6 Å². The van der Waals surface area contributed by atoms with Gasteiger partial charge < -0.3 is 5.32 Å². The molecule has 5 heteroatoms. The molecule has 0 bridgehead atoms. The van der Waals surface area contributed by atoms with Crippen molar-refractivity contribution < 1.29 is 9.59 Å². The maximum atomic E-state index is 11.6. The van der Waals surface area contributed by atoms with Crippen molar-refractivity contribution >= 4 is 28.8 Å². The quantitative estimate of drug-likeness (QED) is 0.845. The predicted octanol–water partition coefficient (Wildman–Crippen LogP) is 2.80. The summed E-state index contributed by atoms with van der Waals surface area (Å²) in [5, 5.41) is 9.73. The summed E-state index contributed by atoms with van der Waals surface area (Å²) in [7, 11) is 0. The van der Waals surface area contributed by atoms with Crippen molar-refractivity contribution in [2.75, 3.05) is 5.32 Å². The van der Waals surface area contributed by atoms with Crippen LogP contribution in [0.1, 0.15) is 39.2 Å². The number of carbonyl (C=O) groups excluding carboxylic acids is 2. The average Bonchev–Trinajstić information content (AvgIpc) is 2.99. The Hall–Kier alpha value is -2.14. The molecule has 1 aromatic heterocycles. The fourth-order valence-electron chi connectivity index (χ4n) is 2.11.